The summed E-state index contributed by atoms with van der Waals surface area (Å²) in [6.45, 7) is 3.35. The predicted molar refractivity (Wildman–Crippen MR) is 69.4 cm³/mol. The topological polar surface area (TPSA) is 61.6 Å². The molecule has 0 atom stereocenters. The van der Waals surface area contributed by atoms with Crippen molar-refractivity contribution in [3.05, 3.63) is 30.0 Å². The van der Waals surface area contributed by atoms with Crippen molar-refractivity contribution in [2.45, 2.75) is 13.8 Å². The van der Waals surface area contributed by atoms with Crippen LogP contribution in [0, 0.1) is 6.92 Å². The van der Waals surface area contributed by atoms with Crippen LogP contribution in [0.25, 0.3) is 11.3 Å². The molecular weight excluding hydrogens is 246 g/mol. The third kappa shape index (κ3) is 3.13. The Morgan fingerprint density at radius 2 is 2.11 bits per heavy atom. The molecule has 0 saturated carbocycles. The fraction of sp³-hybridized carbons (Fsp3) is 0.286. The van der Waals surface area contributed by atoms with Gasteiger partial charge in [0, 0.05) is 11.6 Å². The van der Waals surface area contributed by atoms with E-state index < -0.39 is 0 Å². The van der Waals surface area contributed by atoms with Gasteiger partial charge in [-0.3, -0.25) is 4.79 Å². The van der Waals surface area contributed by atoms with E-state index in [1.54, 1.807) is 19.2 Å². The normalized spacial score (nSPS) is 10.3. The van der Waals surface area contributed by atoms with Crippen molar-refractivity contribution in [2.24, 2.45) is 0 Å². The maximum atomic E-state index is 10.9. The smallest absolute Gasteiger partial charge is 0.167 e. The lowest BCUT2D eigenvalue weighted by molar-refractivity contribution is -0.118. The van der Waals surface area contributed by atoms with Crippen LogP contribution >= 0.6 is 0 Å². The molecule has 0 saturated heterocycles. The first kappa shape index (κ1) is 13.1. The third-order valence-corrected chi connectivity index (χ3v) is 2.51. The second-order valence-electron chi connectivity index (χ2n) is 4.19. The fourth-order valence-corrected chi connectivity index (χ4v) is 1.62. The van der Waals surface area contributed by atoms with Crippen molar-refractivity contribution < 1.29 is 18.8 Å². The van der Waals surface area contributed by atoms with Crippen LogP contribution in [0.3, 0.4) is 0 Å². The number of hydrogen-bond donors (Lipinski definition) is 0. The number of carbonyl (C=O) groups is 1. The highest BCUT2D eigenvalue weighted by Gasteiger charge is 2.10. The van der Waals surface area contributed by atoms with Gasteiger partial charge in [-0.2, -0.15) is 0 Å². The number of rotatable bonds is 5. The molecular formula is C14H15NO4. The van der Waals surface area contributed by atoms with E-state index >= 15 is 0 Å². The molecule has 0 bridgehead atoms. The van der Waals surface area contributed by atoms with Crippen LogP contribution in [0.2, 0.25) is 0 Å². The van der Waals surface area contributed by atoms with Gasteiger partial charge in [0.25, 0.3) is 0 Å². The summed E-state index contributed by atoms with van der Waals surface area (Å²) in [7, 11) is 1.55. The molecule has 0 amide bonds. The molecule has 2 rings (SSSR count). The van der Waals surface area contributed by atoms with E-state index in [2.05, 4.69) is 5.16 Å². The van der Waals surface area contributed by atoms with E-state index in [1.165, 1.54) is 6.92 Å². The van der Waals surface area contributed by atoms with Crippen molar-refractivity contribution >= 4 is 5.78 Å². The Bertz CT molecular complexity index is 589. The number of Topliss-reactive ketones (excluding diaryl/α,β-unsaturated/α-hetero) is 1. The van der Waals surface area contributed by atoms with Crippen LogP contribution in [0.4, 0.5) is 0 Å². The van der Waals surface area contributed by atoms with E-state index in [9.17, 15) is 4.79 Å². The number of hydrogen-bond acceptors (Lipinski definition) is 5. The zero-order valence-electron chi connectivity index (χ0n) is 11.1. The molecule has 0 N–H and O–H groups in total. The molecule has 0 aliphatic rings. The highest BCUT2D eigenvalue weighted by Crippen LogP contribution is 2.32. The van der Waals surface area contributed by atoms with E-state index in [1.807, 2.05) is 19.1 Å². The minimum atomic E-state index is -0.0445. The Hall–Kier alpha value is -2.30. The number of carbonyl (C=O) groups excluding carboxylic acids is 1. The van der Waals surface area contributed by atoms with Crippen molar-refractivity contribution in [3.63, 3.8) is 0 Å². The van der Waals surface area contributed by atoms with Gasteiger partial charge in [0.15, 0.2) is 23.0 Å². The maximum absolute atomic E-state index is 10.9. The summed E-state index contributed by atoms with van der Waals surface area (Å²) in [5.74, 6) is 1.69. The standard InChI is InChI=1S/C14H15NO4/c1-9-6-13(19-15-9)11-4-5-12(14(7-11)17-3)18-8-10(2)16/h4-7H,8H2,1-3H3. The second kappa shape index (κ2) is 5.56. The Morgan fingerprint density at radius 1 is 1.32 bits per heavy atom. The highest BCUT2D eigenvalue weighted by molar-refractivity contribution is 5.77. The molecule has 0 radical (unpaired) electrons. The van der Waals surface area contributed by atoms with Gasteiger partial charge in [-0.25, -0.2) is 0 Å². The summed E-state index contributed by atoms with van der Waals surface area (Å²) < 4.78 is 15.8. The summed E-state index contributed by atoms with van der Waals surface area (Å²) in [5.41, 5.74) is 1.65. The predicted octanol–water partition coefficient (Wildman–Crippen LogP) is 2.63. The van der Waals surface area contributed by atoms with Gasteiger partial charge in [-0.15, -0.1) is 0 Å². The number of ether oxygens (including phenoxy) is 2. The van der Waals surface area contributed by atoms with Crippen LogP contribution in [-0.4, -0.2) is 24.7 Å². The summed E-state index contributed by atoms with van der Waals surface area (Å²) >= 11 is 0. The largest absolute Gasteiger partial charge is 0.493 e. The van der Waals surface area contributed by atoms with Gasteiger partial charge >= 0.3 is 0 Å². The average Bonchev–Trinajstić information content (AvgIpc) is 2.82. The molecule has 19 heavy (non-hydrogen) atoms. The number of ketones is 1. The summed E-state index contributed by atoms with van der Waals surface area (Å²) in [6.07, 6.45) is 0. The summed E-state index contributed by atoms with van der Waals surface area (Å²) in [5, 5.41) is 3.84. The Labute approximate surface area is 111 Å². The molecule has 1 aromatic heterocycles. The second-order valence-corrected chi connectivity index (χ2v) is 4.19. The molecule has 0 fully saturated rings. The quantitative estimate of drug-likeness (QED) is 0.828. The molecule has 1 aromatic carbocycles. The third-order valence-electron chi connectivity index (χ3n) is 2.51. The molecule has 1 heterocycles. The first-order chi connectivity index (χ1) is 9.10. The Kier molecular flexibility index (Phi) is 3.85. The van der Waals surface area contributed by atoms with Crippen LogP contribution in [0.1, 0.15) is 12.6 Å². The van der Waals surface area contributed by atoms with Crippen molar-refractivity contribution in [2.75, 3.05) is 13.7 Å². The Morgan fingerprint density at radius 3 is 2.68 bits per heavy atom. The minimum absolute atomic E-state index is 0.0249. The average molecular weight is 261 g/mol. The zero-order chi connectivity index (χ0) is 13.8. The van der Waals surface area contributed by atoms with Crippen molar-refractivity contribution in [1.82, 2.24) is 5.16 Å². The number of methoxy groups -OCH3 is 1. The van der Waals surface area contributed by atoms with Gasteiger partial charge < -0.3 is 14.0 Å². The number of nitrogens with zero attached hydrogens (tertiary/aromatic N) is 1. The van der Waals surface area contributed by atoms with E-state index in [-0.39, 0.29) is 12.4 Å². The van der Waals surface area contributed by atoms with Crippen LogP contribution < -0.4 is 9.47 Å². The van der Waals surface area contributed by atoms with E-state index in [4.69, 9.17) is 14.0 Å². The SMILES string of the molecule is COc1cc(-c2cc(C)no2)ccc1OCC(C)=O. The lowest BCUT2D eigenvalue weighted by Crippen LogP contribution is -2.07. The fourth-order valence-electron chi connectivity index (χ4n) is 1.62. The van der Waals surface area contributed by atoms with E-state index in [0.717, 1.165) is 11.3 Å². The number of benzene rings is 1. The molecule has 0 aliphatic carbocycles. The van der Waals surface area contributed by atoms with Gasteiger partial charge in [0.1, 0.15) is 6.61 Å². The lowest BCUT2D eigenvalue weighted by Gasteiger charge is -2.10. The molecule has 5 nitrogen and oxygen atoms in total. The summed E-state index contributed by atoms with van der Waals surface area (Å²) in [6, 6.07) is 7.20. The zero-order valence-corrected chi connectivity index (χ0v) is 11.1. The highest BCUT2D eigenvalue weighted by atomic mass is 16.5. The minimum Gasteiger partial charge on any atom is -0.493 e. The van der Waals surface area contributed by atoms with Crippen LogP contribution in [0.15, 0.2) is 28.8 Å². The van der Waals surface area contributed by atoms with Crippen molar-refractivity contribution in [3.8, 4) is 22.8 Å². The van der Waals surface area contributed by atoms with Gasteiger partial charge in [-0.05, 0) is 32.0 Å². The van der Waals surface area contributed by atoms with Crippen molar-refractivity contribution in [1.29, 1.82) is 0 Å². The lowest BCUT2D eigenvalue weighted by atomic mass is 10.1. The van der Waals surface area contributed by atoms with E-state index in [0.29, 0.717) is 17.3 Å². The molecule has 0 unspecified atom stereocenters. The first-order valence-electron chi connectivity index (χ1n) is 5.84. The van der Waals surface area contributed by atoms with Gasteiger partial charge in [0.2, 0.25) is 0 Å². The molecule has 5 heteroatoms. The molecule has 0 spiro atoms. The number of aryl methyl sites for hydroxylation is 1. The first-order valence-corrected chi connectivity index (χ1v) is 5.84. The number of aromatic nitrogens is 1. The molecule has 2 aromatic rings. The summed E-state index contributed by atoms with van der Waals surface area (Å²) in [4.78, 5) is 10.9. The maximum Gasteiger partial charge on any atom is 0.167 e. The molecule has 0 aliphatic heterocycles. The Balaban J connectivity index is 2.27. The van der Waals surface area contributed by atoms with Gasteiger partial charge in [-0.1, -0.05) is 5.16 Å². The van der Waals surface area contributed by atoms with Crippen LogP contribution in [-0.2, 0) is 4.79 Å². The van der Waals surface area contributed by atoms with Gasteiger partial charge in [0.05, 0.1) is 12.8 Å². The molecule has 100 valence electrons. The monoisotopic (exact) mass is 261 g/mol. The van der Waals surface area contributed by atoms with Crippen LogP contribution in [0.5, 0.6) is 11.5 Å².